The lowest BCUT2D eigenvalue weighted by molar-refractivity contribution is -0.118. The first-order valence-electron chi connectivity index (χ1n) is 9.39. The zero-order valence-corrected chi connectivity index (χ0v) is 17.1. The van der Waals surface area contributed by atoms with E-state index in [0.717, 1.165) is 11.3 Å². The minimum atomic E-state index is -0.171. The van der Waals surface area contributed by atoms with Crippen LogP contribution in [0.2, 0.25) is 0 Å². The van der Waals surface area contributed by atoms with Gasteiger partial charge in [-0.1, -0.05) is 17.7 Å². The van der Waals surface area contributed by atoms with E-state index in [-0.39, 0.29) is 11.5 Å². The molecule has 0 saturated carbocycles. The van der Waals surface area contributed by atoms with Gasteiger partial charge in [0, 0.05) is 31.8 Å². The summed E-state index contributed by atoms with van der Waals surface area (Å²) in [4.78, 5) is 31.2. The third-order valence-electron chi connectivity index (χ3n) is 4.91. The number of benzene rings is 2. The van der Waals surface area contributed by atoms with Crippen LogP contribution in [-0.2, 0) is 11.3 Å². The summed E-state index contributed by atoms with van der Waals surface area (Å²) in [6, 6.07) is 11.1. The van der Waals surface area contributed by atoms with Crippen molar-refractivity contribution in [2.24, 2.45) is 0 Å². The molecule has 152 valence electrons. The summed E-state index contributed by atoms with van der Waals surface area (Å²) in [5, 5.41) is 0.452. The molecule has 0 aliphatic carbocycles. The topological polar surface area (TPSA) is 73.7 Å². The van der Waals surface area contributed by atoms with Gasteiger partial charge in [0.2, 0.25) is 5.91 Å². The summed E-state index contributed by atoms with van der Waals surface area (Å²) in [5.41, 5.74) is 2.37. The Kier molecular flexibility index (Phi) is 6.16. The van der Waals surface area contributed by atoms with Crippen molar-refractivity contribution in [1.29, 1.82) is 0 Å². The zero-order chi connectivity index (χ0) is 21.0. The largest absolute Gasteiger partial charge is 0.493 e. The third-order valence-corrected chi connectivity index (χ3v) is 4.91. The van der Waals surface area contributed by atoms with E-state index in [0.29, 0.717) is 41.8 Å². The second-order valence-electron chi connectivity index (χ2n) is 6.86. The molecule has 1 amide bonds. The van der Waals surface area contributed by atoms with Crippen LogP contribution < -0.4 is 19.9 Å². The van der Waals surface area contributed by atoms with E-state index in [1.807, 2.05) is 31.2 Å². The smallest absolute Gasteiger partial charge is 0.261 e. The minimum absolute atomic E-state index is 0.00190. The van der Waals surface area contributed by atoms with Crippen LogP contribution in [0, 0.1) is 6.92 Å². The van der Waals surface area contributed by atoms with Crippen LogP contribution in [0.3, 0.4) is 0 Å². The number of nitrogens with zero attached hydrogens (tertiary/aromatic N) is 3. The van der Waals surface area contributed by atoms with Crippen LogP contribution in [0.25, 0.3) is 10.9 Å². The van der Waals surface area contributed by atoms with Gasteiger partial charge in [-0.25, -0.2) is 4.98 Å². The van der Waals surface area contributed by atoms with Gasteiger partial charge in [0.05, 0.1) is 31.4 Å². The van der Waals surface area contributed by atoms with Gasteiger partial charge in [0.1, 0.15) is 0 Å². The van der Waals surface area contributed by atoms with Gasteiger partial charge >= 0.3 is 0 Å². The Hall–Kier alpha value is -3.35. The van der Waals surface area contributed by atoms with Crippen molar-refractivity contribution in [2.45, 2.75) is 26.3 Å². The monoisotopic (exact) mass is 395 g/mol. The number of hydrogen-bond acceptors (Lipinski definition) is 5. The fourth-order valence-corrected chi connectivity index (χ4v) is 3.13. The average molecular weight is 395 g/mol. The van der Waals surface area contributed by atoms with Gasteiger partial charge in [-0.3, -0.25) is 14.2 Å². The van der Waals surface area contributed by atoms with Gasteiger partial charge < -0.3 is 14.4 Å². The van der Waals surface area contributed by atoms with E-state index in [1.165, 1.54) is 25.1 Å². The van der Waals surface area contributed by atoms with E-state index in [2.05, 4.69) is 4.98 Å². The quantitative estimate of drug-likeness (QED) is 0.614. The van der Waals surface area contributed by atoms with Crippen molar-refractivity contribution >= 4 is 22.5 Å². The first-order chi connectivity index (χ1) is 13.9. The maximum absolute atomic E-state index is 12.8. The highest BCUT2D eigenvalue weighted by molar-refractivity contribution is 5.92. The van der Waals surface area contributed by atoms with Gasteiger partial charge in [-0.15, -0.1) is 0 Å². The lowest BCUT2D eigenvalue weighted by Gasteiger charge is -2.17. The van der Waals surface area contributed by atoms with Gasteiger partial charge in [-0.2, -0.15) is 0 Å². The molecule has 1 heterocycles. The van der Waals surface area contributed by atoms with Crippen LogP contribution in [0.5, 0.6) is 11.5 Å². The van der Waals surface area contributed by atoms with E-state index < -0.39 is 0 Å². The summed E-state index contributed by atoms with van der Waals surface area (Å²) in [6.07, 6.45) is 2.38. The number of rotatable bonds is 7. The van der Waals surface area contributed by atoms with Gasteiger partial charge in [0.25, 0.3) is 5.56 Å². The molecule has 0 N–H and O–H groups in total. The molecule has 0 aliphatic rings. The maximum Gasteiger partial charge on any atom is 0.261 e. The Labute approximate surface area is 169 Å². The minimum Gasteiger partial charge on any atom is -0.493 e. The second-order valence-corrected chi connectivity index (χ2v) is 6.86. The summed E-state index contributed by atoms with van der Waals surface area (Å²) in [7, 11) is 4.82. The molecule has 7 nitrogen and oxygen atoms in total. The molecule has 0 unspecified atom stereocenters. The SMILES string of the molecule is COc1cc2ncn(CCCC(=O)N(C)c3ccc(C)cc3)c(=O)c2cc1OC. The van der Waals surface area contributed by atoms with Gasteiger partial charge in [-0.05, 0) is 31.5 Å². The predicted octanol–water partition coefficient (Wildman–Crippen LogP) is 3.17. The number of ether oxygens (including phenoxy) is 2. The number of aromatic nitrogens is 2. The molecular formula is C22H25N3O4. The highest BCUT2D eigenvalue weighted by Crippen LogP contribution is 2.29. The Morgan fingerprint density at radius 3 is 2.41 bits per heavy atom. The zero-order valence-electron chi connectivity index (χ0n) is 17.1. The molecule has 3 rings (SSSR count). The summed E-state index contributed by atoms with van der Waals surface area (Å²) in [6.45, 7) is 2.41. The molecule has 29 heavy (non-hydrogen) atoms. The van der Waals surface area contributed by atoms with E-state index >= 15 is 0 Å². The standard InChI is InChI=1S/C22H25N3O4/c1-15-7-9-16(10-8-15)24(2)21(26)6-5-11-25-14-23-18-13-20(29-4)19(28-3)12-17(18)22(25)27/h7-10,12-14H,5-6,11H2,1-4H3. The molecule has 1 aromatic heterocycles. The lowest BCUT2D eigenvalue weighted by Crippen LogP contribution is -2.27. The Bertz CT molecular complexity index is 1070. The van der Waals surface area contributed by atoms with Crippen molar-refractivity contribution in [3.63, 3.8) is 0 Å². The van der Waals surface area contributed by atoms with Crippen LogP contribution in [-0.4, -0.2) is 36.7 Å². The molecule has 0 bridgehead atoms. The maximum atomic E-state index is 12.8. The van der Waals surface area contributed by atoms with Crippen LogP contribution in [0.4, 0.5) is 5.69 Å². The molecule has 3 aromatic rings. The Morgan fingerprint density at radius 1 is 1.10 bits per heavy atom. The number of fused-ring (bicyclic) bond motifs is 1. The molecule has 0 aliphatic heterocycles. The van der Waals surface area contributed by atoms with Crippen molar-refractivity contribution in [1.82, 2.24) is 9.55 Å². The molecule has 0 atom stereocenters. The lowest BCUT2D eigenvalue weighted by atomic mass is 10.2. The van der Waals surface area contributed by atoms with Gasteiger partial charge in [0.15, 0.2) is 11.5 Å². The number of carbonyl (C=O) groups excluding carboxylic acids is 1. The Balaban J connectivity index is 1.70. The number of methoxy groups -OCH3 is 2. The predicted molar refractivity (Wildman–Crippen MR) is 113 cm³/mol. The van der Waals surface area contributed by atoms with Crippen LogP contribution >= 0.6 is 0 Å². The molecule has 0 radical (unpaired) electrons. The average Bonchev–Trinajstić information content (AvgIpc) is 2.74. The molecule has 7 heteroatoms. The van der Waals surface area contributed by atoms with E-state index in [9.17, 15) is 9.59 Å². The first kappa shape index (κ1) is 20.4. The van der Waals surface area contributed by atoms with E-state index in [1.54, 1.807) is 24.1 Å². The van der Waals surface area contributed by atoms with Crippen molar-refractivity contribution < 1.29 is 14.3 Å². The van der Waals surface area contributed by atoms with Crippen molar-refractivity contribution in [3.8, 4) is 11.5 Å². The number of hydrogen-bond donors (Lipinski definition) is 0. The second kappa shape index (κ2) is 8.77. The number of carbonyl (C=O) groups is 1. The fraction of sp³-hybridized carbons (Fsp3) is 0.318. The summed E-state index contributed by atoms with van der Waals surface area (Å²) < 4.78 is 12.1. The molecule has 0 saturated heterocycles. The molecule has 2 aromatic carbocycles. The highest BCUT2D eigenvalue weighted by Gasteiger charge is 2.13. The molecule has 0 spiro atoms. The van der Waals surface area contributed by atoms with E-state index in [4.69, 9.17) is 9.47 Å². The van der Waals surface area contributed by atoms with Crippen LogP contribution in [0.15, 0.2) is 47.5 Å². The van der Waals surface area contributed by atoms with Crippen molar-refractivity contribution in [3.05, 3.63) is 58.6 Å². The number of anilines is 1. The fourth-order valence-electron chi connectivity index (χ4n) is 3.13. The molecular weight excluding hydrogens is 370 g/mol. The number of aryl methyl sites for hydroxylation is 2. The summed E-state index contributed by atoms with van der Waals surface area (Å²) in [5.74, 6) is 1.00. The number of amides is 1. The summed E-state index contributed by atoms with van der Waals surface area (Å²) >= 11 is 0. The Morgan fingerprint density at radius 2 is 1.76 bits per heavy atom. The third kappa shape index (κ3) is 4.39. The highest BCUT2D eigenvalue weighted by atomic mass is 16.5. The van der Waals surface area contributed by atoms with Crippen LogP contribution in [0.1, 0.15) is 18.4 Å². The van der Waals surface area contributed by atoms with Crippen molar-refractivity contribution in [2.75, 3.05) is 26.2 Å². The first-order valence-corrected chi connectivity index (χ1v) is 9.39. The molecule has 0 fully saturated rings. The normalized spacial score (nSPS) is 10.8.